The highest BCUT2D eigenvalue weighted by molar-refractivity contribution is 5.76. The summed E-state index contributed by atoms with van der Waals surface area (Å²) in [5.74, 6) is -0.0797. The van der Waals surface area contributed by atoms with E-state index in [1.807, 2.05) is 6.08 Å². The maximum Gasteiger partial charge on any atom is 0.220 e. The van der Waals surface area contributed by atoms with Gasteiger partial charge in [-0.05, 0) is 83.5 Å². The zero-order valence-corrected chi connectivity index (χ0v) is 42.8. The summed E-state index contributed by atoms with van der Waals surface area (Å²) in [5.41, 5.74) is 0. The molecule has 4 heteroatoms. The number of unbranched alkanes of at least 4 members (excludes halogenated alkanes) is 34. The van der Waals surface area contributed by atoms with Gasteiger partial charge in [0.1, 0.15) is 0 Å². The second kappa shape index (κ2) is 55.2. The zero-order chi connectivity index (χ0) is 46.3. The quantitative estimate of drug-likeness (QED) is 0.0421. The predicted octanol–water partition coefficient (Wildman–Crippen LogP) is 18.6. The number of carbonyl (C=O) groups excluding carboxylic acids is 1. The van der Waals surface area contributed by atoms with Crippen molar-refractivity contribution in [3.05, 3.63) is 72.9 Å². The van der Waals surface area contributed by atoms with Crippen LogP contribution in [0, 0.1) is 0 Å². The van der Waals surface area contributed by atoms with Gasteiger partial charge in [0.25, 0.3) is 0 Å². The van der Waals surface area contributed by atoms with Crippen molar-refractivity contribution >= 4 is 5.91 Å². The lowest BCUT2D eigenvalue weighted by molar-refractivity contribution is -0.123. The molecule has 0 aliphatic carbocycles. The van der Waals surface area contributed by atoms with Crippen LogP contribution >= 0.6 is 0 Å². The molecular weight excluding hydrogens is 783 g/mol. The van der Waals surface area contributed by atoms with Gasteiger partial charge < -0.3 is 15.5 Å². The minimum atomic E-state index is -0.875. The maximum atomic E-state index is 12.5. The molecule has 0 spiro atoms. The van der Waals surface area contributed by atoms with Gasteiger partial charge in [-0.25, -0.2) is 0 Å². The molecule has 0 aliphatic heterocycles. The number of hydrogen-bond donors (Lipinski definition) is 3. The fraction of sp³-hybridized carbons (Fsp3) is 0.783. The third kappa shape index (κ3) is 50.8. The molecule has 0 aromatic rings. The van der Waals surface area contributed by atoms with Crippen LogP contribution in [0.5, 0.6) is 0 Å². The van der Waals surface area contributed by atoms with Crippen molar-refractivity contribution in [2.45, 2.75) is 296 Å². The van der Waals surface area contributed by atoms with Crippen molar-refractivity contribution in [2.75, 3.05) is 6.61 Å². The Labute approximate surface area is 399 Å². The molecule has 3 N–H and O–H groups in total. The molecule has 0 rings (SSSR count). The highest BCUT2D eigenvalue weighted by Crippen LogP contribution is 2.16. The zero-order valence-electron chi connectivity index (χ0n) is 42.8. The standard InChI is InChI=1S/C60H109NO3/c1-3-5-7-9-11-13-15-17-19-21-23-25-27-29-30-32-34-36-38-40-42-44-46-48-50-52-54-56-60(64)61-58(57-62)59(63)55-53-51-49-47-45-43-41-39-37-35-33-31-28-26-24-22-20-18-16-14-12-10-8-6-4-2/h15,17,21,23,27,29,37,39,45,47,53,55,58-59,62-63H,3-14,16,18-20,22,24-26,28,30-36,38,40-44,46,48-52,54,56-57H2,1-2H3,(H,61,64)/b17-15-,23-21-,29-27-,39-37+,47-45+,55-53+. The van der Waals surface area contributed by atoms with E-state index in [4.69, 9.17) is 0 Å². The van der Waals surface area contributed by atoms with Gasteiger partial charge in [-0.2, -0.15) is 0 Å². The van der Waals surface area contributed by atoms with Gasteiger partial charge in [0.15, 0.2) is 0 Å². The van der Waals surface area contributed by atoms with Crippen LogP contribution < -0.4 is 5.32 Å². The van der Waals surface area contributed by atoms with Crippen molar-refractivity contribution in [1.82, 2.24) is 5.32 Å². The van der Waals surface area contributed by atoms with Gasteiger partial charge >= 0.3 is 0 Å². The molecule has 0 saturated carbocycles. The molecule has 64 heavy (non-hydrogen) atoms. The Balaban J connectivity index is 3.58. The van der Waals surface area contributed by atoms with Crippen molar-refractivity contribution in [2.24, 2.45) is 0 Å². The molecule has 2 unspecified atom stereocenters. The Bertz CT molecular complexity index is 1100. The molecule has 372 valence electrons. The van der Waals surface area contributed by atoms with E-state index in [-0.39, 0.29) is 12.5 Å². The van der Waals surface area contributed by atoms with Crippen molar-refractivity contribution in [3.63, 3.8) is 0 Å². The Morgan fingerprint density at radius 3 is 1.02 bits per heavy atom. The SMILES string of the molecule is CCCCCCC/C=C\C/C=C\C/C=C\CCCCCCCCCCCCCCC(=O)NC(CO)C(O)/C=C/CC/C=C/CC/C=C/CCCCCCCCCCCCCCCCC. The smallest absolute Gasteiger partial charge is 0.220 e. The minimum Gasteiger partial charge on any atom is -0.394 e. The van der Waals surface area contributed by atoms with Gasteiger partial charge in [0, 0.05) is 6.42 Å². The first-order valence-corrected chi connectivity index (χ1v) is 28.2. The van der Waals surface area contributed by atoms with Crippen LogP contribution in [0.15, 0.2) is 72.9 Å². The highest BCUT2D eigenvalue weighted by Gasteiger charge is 2.18. The van der Waals surface area contributed by atoms with E-state index in [0.717, 1.165) is 51.4 Å². The molecule has 4 nitrogen and oxygen atoms in total. The van der Waals surface area contributed by atoms with Crippen molar-refractivity contribution in [1.29, 1.82) is 0 Å². The van der Waals surface area contributed by atoms with E-state index >= 15 is 0 Å². The number of aliphatic hydroxyl groups excluding tert-OH is 2. The van der Waals surface area contributed by atoms with Crippen LogP contribution in [-0.4, -0.2) is 34.9 Å². The van der Waals surface area contributed by atoms with E-state index in [0.29, 0.717) is 6.42 Å². The Kier molecular flexibility index (Phi) is 53.3. The summed E-state index contributed by atoms with van der Waals surface area (Å²) in [5, 5.41) is 23.1. The molecule has 0 aromatic heterocycles. The molecular formula is C60H109NO3. The molecule has 0 radical (unpaired) electrons. The normalized spacial score (nSPS) is 13.4. The fourth-order valence-electron chi connectivity index (χ4n) is 8.34. The largest absolute Gasteiger partial charge is 0.394 e. The molecule has 1 amide bonds. The molecule has 0 heterocycles. The lowest BCUT2D eigenvalue weighted by Crippen LogP contribution is -2.45. The number of aliphatic hydroxyl groups is 2. The number of hydrogen-bond acceptors (Lipinski definition) is 3. The Hall–Kier alpha value is -2.17. The van der Waals surface area contributed by atoms with E-state index < -0.39 is 12.1 Å². The summed E-state index contributed by atoms with van der Waals surface area (Å²) in [6, 6.07) is -0.651. The number of amides is 1. The third-order valence-corrected chi connectivity index (χ3v) is 12.6. The summed E-state index contributed by atoms with van der Waals surface area (Å²) < 4.78 is 0. The lowest BCUT2D eigenvalue weighted by atomic mass is 10.0. The van der Waals surface area contributed by atoms with E-state index in [1.54, 1.807) is 6.08 Å². The van der Waals surface area contributed by atoms with E-state index in [2.05, 4.69) is 79.9 Å². The number of rotatable bonds is 51. The molecule has 2 atom stereocenters. The Morgan fingerprint density at radius 2 is 0.656 bits per heavy atom. The topological polar surface area (TPSA) is 69.6 Å². The molecule has 0 bridgehead atoms. The van der Waals surface area contributed by atoms with E-state index in [9.17, 15) is 15.0 Å². The van der Waals surface area contributed by atoms with E-state index in [1.165, 1.54) is 212 Å². The fourth-order valence-corrected chi connectivity index (χ4v) is 8.34. The summed E-state index contributed by atoms with van der Waals surface area (Å²) in [6.07, 6.45) is 79.2. The van der Waals surface area contributed by atoms with Crippen molar-refractivity contribution in [3.8, 4) is 0 Å². The summed E-state index contributed by atoms with van der Waals surface area (Å²) >= 11 is 0. The summed E-state index contributed by atoms with van der Waals surface area (Å²) in [6.45, 7) is 4.30. The van der Waals surface area contributed by atoms with Gasteiger partial charge in [0.2, 0.25) is 5.91 Å². The van der Waals surface area contributed by atoms with Gasteiger partial charge in [-0.3, -0.25) is 4.79 Å². The first kappa shape index (κ1) is 61.8. The average Bonchev–Trinajstić information content (AvgIpc) is 3.30. The predicted molar refractivity (Wildman–Crippen MR) is 285 cm³/mol. The first-order valence-electron chi connectivity index (χ1n) is 28.2. The maximum absolute atomic E-state index is 12.5. The first-order chi connectivity index (χ1) is 31.7. The van der Waals surface area contributed by atoms with Gasteiger partial charge in [-0.15, -0.1) is 0 Å². The highest BCUT2D eigenvalue weighted by atomic mass is 16.3. The summed E-state index contributed by atoms with van der Waals surface area (Å²) in [7, 11) is 0. The summed E-state index contributed by atoms with van der Waals surface area (Å²) in [4.78, 5) is 12.5. The van der Waals surface area contributed by atoms with Gasteiger partial charge in [-0.1, -0.05) is 267 Å². The third-order valence-electron chi connectivity index (χ3n) is 12.6. The van der Waals surface area contributed by atoms with Crippen molar-refractivity contribution < 1.29 is 15.0 Å². The van der Waals surface area contributed by atoms with Crippen LogP contribution in [0.25, 0.3) is 0 Å². The molecule has 0 aromatic carbocycles. The average molecular weight is 893 g/mol. The monoisotopic (exact) mass is 892 g/mol. The second-order valence-electron chi connectivity index (χ2n) is 19.0. The molecule has 0 aliphatic rings. The van der Waals surface area contributed by atoms with Gasteiger partial charge in [0.05, 0.1) is 18.8 Å². The second-order valence-corrected chi connectivity index (χ2v) is 19.0. The van der Waals surface area contributed by atoms with Crippen LogP contribution in [0.4, 0.5) is 0 Å². The van der Waals surface area contributed by atoms with Crippen LogP contribution in [0.1, 0.15) is 284 Å². The lowest BCUT2D eigenvalue weighted by Gasteiger charge is -2.19. The number of allylic oxidation sites excluding steroid dienone is 11. The number of nitrogens with one attached hydrogen (secondary N) is 1. The van der Waals surface area contributed by atoms with Crippen LogP contribution in [0.3, 0.4) is 0 Å². The van der Waals surface area contributed by atoms with Crippen LogP contribution in [0.2, 0.25) is 0 Å². The van der Waals surface area contributed by atoms with Crippen LogP contribution in [-0.2, 0) is 4.79 Å². The number of carbonyl (C=O) groups is 1. The minimum absolute atomic E-state index is 0.0797. The Morgan fingerprint density at radius 1 is 0.375 bits per heavy atom. The molecule has 0 saturated heterocycles. The molecule has 0 fully saturated rings.